The first kappa shape index (κ1) is 12.4. The van der Waals surface area contributed by atoms with Crippen molar-refractivity contribution in [3.8, 4) is 0 Å². The third-order valence-corrected chi connectivity index (χ3v) is 5.05. The summed E-state index contributed by atoms with van der Waals surface area (Å²) < 4.78 is 0. The maximum atomic E-state index is 6.54. The van der Waals surface area contributed by atoms with Crippen molar-refractivity contribution in [1.29, 1.82) is 0 Å². The van der Waals surface area contributed by atoms with E-state index in [9.17, 15) is 0 Å². The first-order chi connectivity index (χ1) is 7.77. The summed E-state index contributed by atoms with van der Waals surface area (Å²) in [6, 6.07) is 0.519. The molecule has 2 aliphatic carbocycles. The van der Waals surface area contributed by atoms with Crippen LogP contribution in [0.1, 0.15) is 71.1 Å². The molecule has 0 heterocycles. The van der Waals surface area contributed by atoms with Crippen LogP contribution in [0, 0.1) is 17.8 Å². The van der Waals surface area contributed by atoms with E-state index >= 15 is 0 Å². The van der Waals surface area contributed by atoms with Gasteiger partial charge in [-0.05, 0) is 43.4 Å². The average Bonchev–Trinajstić information content (AvgIpc) is 2.57. The van der Waals surface area contributed by atoms with Crippen molar-refractivity contribution < 1.29 is 0 Å². The second-order valence-electron chi connectivity index (χ2n) is 6.35. The Kier molecular flexibility index (Phi) is 4.69. The minimum Gasteiger partial charge on any atom is -0.327 e. The Morgan fingerprint density at radius 1 is 0.750 bits per heavy atom. The van der Waals surface area contributed by atoms with Gasteiger partial charge in [0.2, 0.25) is 0 Å². The van der Waals surface area contributed by atoms with Gasteiger partial charge in [0.1, 0.15) is 0 Å². The zero-order valence-corrected chi connectivity index (χ0v) is 11.0. The molecule has 0 radical (unpaired) electrons. The molecular weight excluding hydrogens is 194 g/mol. The van der Waals surface area contributed by atoms with Crippen LogP contribution in [-0.2, 0) is 0 Å². The monoisotopic (exact) mass is 223 g/mol. The summed E-state index contributed by atoms with van der Waals surface area (Å²) in [5.74, 6) is 2.65. The number of nitrogens with two attached hydrogens (primary N) is 1. The van der Waals surface area contributed by atoms with Crippen molar-refractivity contribution in [2.45, 2.75) is 77.2 Å². The molecular formula is C15H29N. The Labute approximate surface area is 101 Å². The van der Waals surface area contributed by atoms with Crippen molar-refractivity contribution in [3.05, 3.63) is 0 Å². The van der Waals surface area contributed by atoms with Crippen LogP contribution in [-0.4, -0.2) is 6.04 Å². The molecule has 0 aromatic carbocycles. The highest BCUT2D eigenvalue weighted by Crippen LogP contribution is 2.35. The van der Waals surface area contributed by atoms with E-state index in [0.29, 0.717) is 6.04 Å². The molecule has 1 heteroatoms. The molecule has 2 aliphatic rings. The molecule has 2 saturated carbocycles. The van der Waals surface area contributed by atoms with E-state index in [4.69, 9.17) is 5.73 Å². The molecule has 0 saturated heterocycles. The summed E-state index contributed by atoms with van der Waals surface area (Å²) in [5.41, 5.74) is 6.54. The fraction of sp³-hybridized carbons (Fsp3) is 1.00. The van der Waals surface area contributed by atoms with Crippen molar-refractivity contribution in [1.82, 2.24) is 0 Å². The molecule has 1 atom stereocenters. The molecule has 2 fully saturated rings. The van der Waals surface area contributed by atoms with Crippen LogP contribution in [0.25, 0.3) is 0 Å². The second kappa shape index (κ2) is 6.05. The van der Waals surface area contributed by atoms with Gasteiger partial charge in [0, 0.05) is 6.04 Å². The topological polar surface area (TPSA) is 26.0 Å². The van der Waals surface area contributed by atoms with E-state index in [0.717, 1.165) is 17.8 Å². The Hall–Kier alpha value is -0.0400. The Bertz CT molecular complexity index is 186. The van der Waals surface area contributed by atoms with E-state index in [1.54, 1.807) is 0 Å². The zero-order valence-electron chi connectivity index (χ0n) is 11.0. The quantitative estimate of drug-likeness (QED) is 0.700. The summed E-state index contributed by atoms with van der Waals surface area (Å²) in [7, 11) is 0. The Morgan fingerprint density at radius 2 is 1.25 bits per heavy atom. The first-order valence-corrected chi connectivity index (χ1v) is 7.53. The van der Waals surface area contributed by atoms with Gasteiger partial charge >= 0.3 is 0 Å². The van der Waals surface area contributed by atoms with Crippen molar-refractivity contribution >= 4 is 0 Å². The van der Waals surface area contributed by atoms with Crippen molar-refractivity contribution in [2.24, 2.45) is 23.5 Å². The lowest BCUT2D eigenvalue weighted by Crippen LogP contribution is -2.39. The van der Waals surface area contributed by atoms with E-state index in [-0.39, 0.29) is 0 Å². The maximum absolute atomic E-state index is 6.54. The van der Waals surface area contributed by atoms with Gasteiger partial charge in [-0.15, -0.1) is 0 Å². The van der Waals surface area contributed by atoms with E-state index in [1.807, 2.05) is 0 Å². The summed E-state index contributed by atoms with van der Waals surface area (Å²) in [5, 5.41) is 0. The summed E-state index contributed by atoms with van der Waals surface area (Å²) in [4.78, 5) is 0. The average molecular weight is 223 g/mol. The number of hydrogen-bond acceptors (Lipinski definition) is 1. The maximum Gasteiger partial charge on any atom is 0.00956 e. The van der Waals surface area contributed by atoms with Crippen LogP contribution in [0.3, 0.4) is 0 Å². The molecule has 1 nitrogen and oxygen atoms in total. The van der Waals surface area contributed by atoms with Crippen molar-refractivity contribution in [2.75, 3.05) is 0 Å². The van der Waals surface area contributed by atoms with Crippen molar-refractivity contribution in [3.63, 3.8) is 0 Å². The Morgan fingerprint density at radius 3 is 1.81 bits per heavy atom. The van der Waals surface area contributed by atoms with Gasteiger partial charge in [0.15, 0.2) is 0 Å². The lowest BCUT2D eigenvalue weighted by atomic mass is 9.74. The van der Waals surface area contributed by atoms with Gasteiger partial charge in [0.25, 0.3) is 0 Å². The van der Waals surface area contributed by atoms with Gasteiger partial charge in [-0.3, -0.25) is 0 Å². The minimum absolute atomic E-state index is 0.519. The minimum atomic E-state index is 0.519. The molecule has 2 N–H and O–H groups in total. The fourth-order valence-electron chi connectivity index (χ4n) is 3.75. The lowest BCUT2D eigenvalue weighted by Gasteiger charge is -2.35. The van der Waals surface area contributed by atoms with Crippen LogP contribution >= 0.6 is 0 Å². The largest absolute Gasteiger partial charge is 0.327 e. The zero-order chi connectivity index (χ0) is 11.4. The summed E-state index contributed by atoms with van der Waals surface area (Å²) in [6.45, 7) is 2.40. The van der Waals surface area contributed by atoms with Gasteiger partial charge in [-0.25, -0.2) is 0 Å². The standard InChI is InChI=1S/C15H29N/c1-12-8-10-14(11-9-12)15(16)13-6-4-2-3-5-7-13/h12-15H,2-11,16H2,1H3. The molecule has 0 aromatic heterocycles. The van der Waals surface area contributed by atoms with Gasteiger partial charge in [-0.2, -0.15) is 0 Å². The van der Waals surface area contributed by atoms with E-state index in [2.05, 4.69) is 6.92 Å². The third kappa shape index (κ3) is 3.23. The molecule has 0 bridgehead atoms. The first-order valence-electron chi connectivity index (χ1n) is 7.53. The van der Waals surface area contributed by atoms with Crippen LogP contribution in [0.5, 0.6) is 0 Å². The smallest absolute Gasteiger partial charge is 0.00956 e. The van der Waals surface area contributed by atoms with E-state index < -0.39 is 0 Å². The molecule has 0 aromatic rings. The molecule has 16 heavy (non-hydrogen) atoms. The van der Waals surface area contributed by atoms with Gasteiger partial charge < -0.3 is 5.73 Å². The molecule has 0 amide bonds. The molecule has 94 valence electrons. The molecule has 2 rings (SSSR count). The van der Waals surface area contributed by atoms with E-state index in [1.165, 1.54) is 64.2 Å². The summed E-state index contributed by atoms with van der Waals surface area (Å²) in [6.07, 6.45) is 14.2. The second-order valence-corrected chi connectivity index (χ2v) is 6.35. The highest BCUT2D eigenvalue weighted by molar-refractivity contribution is 4.84. The SMILES string of the molecule is CC1CCC(C(N)C2CCCCCC2)CC1. The molecule has 0 spiro atoms. The lowest BCUT2D eigenvalue weighted by molar-refractivity contribution is 0.202. The van der Waals surface area contributed by atoms with Crippen LogP contribution in [0.2, 0.25) is 0 Å². The normalized spacial score (nSPS) is 35.6. The summed E-state index contributed by atoms with van der Waals surface area (Å²) >= 11 is 0. The Balaban J connectivity index is 1.83. The van der Waals surface area contributed by atoms with Gasteiger partial charge in [-0.1, -0.05) is 45.4 Å². The van der Waals surface area contributed by atoms with Crippen LogP contribution in [0.15, 0.2) is 0 Å². The molecule has 0 aliphatic heterocycles. The van der Waals surface area contributed by atoms with Crippen LogP contribution in [0.4, 0.5) is 0 Å². The predicted octanol–water partition coefficient (Wildman–Crippen LogP) is 4.11. The highest BCUT2D eigenvalue weighted by Gasteiger charge is 2.29. The van der Waals surface area contributed by atoms with Crippen LogP contribution < -0.4 is 5.73 Å². The number of rotatable bonds is 2. The molecule has 1 unspecified atom stereocenters. The highest BCUT2D eigenvalue weighted by atomic mass is 14.7. The number of hydrogen-bond donors (Lipinski definition) is 1. The predicted molar refractivity (Wildman–Crippen MR) is 70.3 cm³/mol. The van der Waals surface area contributed by atoms with Gasteiger partial charge in [0.05, 0.1) is 0 Å². The fourth-order valence-corrected chi connectivity index (χ4v) is 3.75. The third-order valence-electron chi connectivity index (χ3n) is 5.05.